The predicted octanol–water partition coefficient (Wildman–Crippen LogP) is 4.02. The minimum atomic E-state index is -1.01. The first kappa shape index (κ1) is 18.5. The summed E-state index contributed by atoms with van der Waals surface area (Å²) in [6, 6.07) is 15.5. The Labute approximate surface area is 152 Å². The summed E-state index contributed by atoms with van der Waals surface area (Å²) in [5.41, 5.74) is 2.65. The van der Waals surface area contributed by atoms with E-state index in [1.807, 2.05) is 42.5 Å². The molecule has 6 heteroatoms. The number of nitrogens with zero attached hydrogens (tertiary/aromatic N) is 1. The van der Waals surface area contributed by atoms with Crippen molar-refractivity contribution in [2.45, 2.75) is 6.42 Å². The molecule has 0 aliphatic heterocycles. The second kappa shape index (κ2) is 8.35. The molecule has 3 rings (SSSR count). The van der Waals surface area contributed by atoms with Crippen LogP contribution in [0.4, 0.5) is 5.69 Å². The summed E-state index contributed by atoms with van der Waals surface area (Å²) in [4.78, 5) is 15.8. The van der Waals surface area contributed by atoms with Crippen molar-refractivity contribution in [2.24, 2.45) is 0 Å². The smallest absolute Gasteiger partial charge is 0.339 e. The molecule has 0 amide bonds. The molecule has 130 valence electrons. The van der Waals surface area contributed by atoms with Crippen LogP contribution < -0.4 is 10.1 Å². The van der Waals surface area contributed by atoms with Crippen LogP contribution in [0.1, 0.15) is 15.9 Å². The van der Waals surface area contributed by atoms with E-state index in [9.17, 15) is 9.90 Å². The molecule has 5 nitrogen and oxygen atoms in total. The fourth-order valence-electron chi connectivity index (χ4n) is 2.63. The van der Waals surface area contributed by atoms with E-state index < -0.39 is 5.97 Å². The molecule has 0 fully saturated rings. The summed E-state index contributed by atoms with van der Waals surface area (Å²) in [6.07, 6.45) is 2.19. The number of nitrogens with one attached hydrogen (secondary N) is 1. The molecule has 2 N–H and O–H groups in total. The minimum absolute atomic E-state index is 0. The van der Waals surface area contributed by atoms with E-state index in [2.05, 4.69) is 10.3 Å². The van der Waals surface area contributed by atoms with Crippen LogP contribution >= 0.6 is 12.4 Å². The minimum Gasteiger partial charge on any atom is -0.497 e. The van der Waals surface area contributed by atoms with Gasteiger partial charge in [0.15, 0.2) is 0 Å². The second-order valence-electron chi connectivity index (χ2n) is 5.40. The van der Waals surface area contributed by atoms with Gasteiger partial charge < -0.3 is 15.2 Å². The Morgan fingerprint density at radius 2 is 1.96 bits per heavy atom. The maximum absolute atomic E-state index is 11.5. The molecule has 0 aliphatic rings. The monoisotopic (exact) mass is 358 g/mol. The Morgan fingerprint density at radius 3 is 2.64 bits per heavy atom. The van der Waals surface area contributed by atoms with Crippen molar-refractivity contribution in [3.63, 3.8) is 0 Å². The van der Waals surface area contributed by atoms with E-state index in [4.69, 9.17) is 4.74 Å². The number of carbonyl (C=O) groups is 1. The Hall–Kier alpha value is -2.79. The van der Waals surface area contributed by atoms with Crippen LogP contribution in [0.5, 0.6) is 5.75 Å². The first-order chi connectivity index (χ1) is 11.7. The lowest BCUT2D eigenvalue weighted by molar-refractivity contribution is 0.0697. The van der Waals surface area contributed by atoms with E-state index in [0.29, 0.717) is 18.0 Å². The van der Waals surface area contributed by atoms with E-state index in [1.54, 1.807) is 13.2 Å². The summed E-state index contributed by atoms with van der Waals surface area (Å²) in [5, 5.41) is 13.5. The van der Waals surface area contributed by atoms with Crippen molar-refractivity contribution in [1.82, 2.24) is 4.98 Å². The number of hydrogen-bond acceptors (Lipinski definition) is 4. The third kappa shape index (κ3) is 4.19. The molecule has 1 heterocycles. The topological polar surface area (TPSA) is 71.5 Å². The lowest BCUT2D eigenvalue weighted by atomic mass is 10.1. The number of ether oxygens (including phenoxy) is 1. The molecule has 0 saturated heterocycles. The summed E-state index contributed by atoms with van der Waals surface area (Å²) in [6.45, 7) is 0.626. The molecular formula is C19H19ClN2O3. The Kier molecular flexibility index (Phi) is 6.19. The maximum atomic E-state index is 11.5. The normalized spacial score (nSPS) is 10.1. The molecule has 0 spiro atoms. The summed E-state index contributed by atoms with van der Waals surface area (Å²) in [5.74, 6) is -0.340. The summed E-state index contributed by atoms with van der Waals surface area (Å²) < 4.78 is 5.25. The van der Waals surface area contributed by atoms with Crippen LogP contribution in [0.25, 0.3) is 10.9 Å². The molecule has 0 radical (unpaired) electrons. The summed E-state index contributed by atoms with van der Waals surface area (Å²) in [7, 11) is 1.58. The van der Waals surface area contributed by atoms with Gasteiger partial charge in [-0.15, -0.1) is 12.4 Å². The van der Waals surface area contributed by atoms with Gasteiger partial charge in [-0.1, -0.05) is 30.3 Å². The second-order valence-corrected chi connectivity index (χ2v) is 5.40. The van der Waals surface area contributed by atoms with Gasteiger partial charge in [-0.2, -0.15) is 0 Å². The average Bonchev–Trinajstić information content (AvgIpc) is 2.62. The number of anilines is 1. The number of aromatic carboxylic acids is 1. The molecule has 25 heavy (non-hydrogen) atoms. The zero-order chi connectivity index (χ0) is 16.9. The fourth-order valence-corrected chi connectivity index (χ4v) is 2.63. The number of carboxylic acid groups (broad SMARTS) is 1. The summed E-state index contributed by atoms with van der Waals surface area (Å²) >= 11 is 0. The first-order valence-corrected chi connectivity index (χ1v) is 7.67. The molecule has 0 aliphatic carbocycles. The highest BCUT2D eigenvalue weighted by atomic mass is 35.5. The fraction of sp³-hybridized carbons (Fsp3) is 0.158. The number of methoxy groups -OCH3 is 1. The number of carboxylic acids is 1. The van der Waals surface area contributed by atoms with Gasteiger partial charge in [0.1, 0.15) is 11.3 Å². The first-order valence-electron chi connectivity index (χ1n) is 7.67. The zero-order valence-corrected chi connectivity index (χ0v) is 14.5. The zero-order valence-electron chi connectivity index (χ0n) is 13.7. The van der Waals surface area contributed by atoms with Crippen LogP contribution in [-0.2, 0) is 6.42 Å². The Morgan fingerprint density at radius 1 is 1.20 bits per heavy atom. The third-order valence-corrected chi connectivity index (χ3v) is 3.86. The van der Waals surface area contributed by atoms with Crippen molar-refractivity contribution in [2.75, 3.05) is 19.0 Å². The molecule has 0 saturated carbocycles. The van der Waals surface area contributed by atoms with Crippen molar-refractivity contribution in [3.05, 3.63) is 65.9 Å². The van der Waals surface area contributed by atoms with Crippen molar-refractivity contribution in [1.29, 1.82) is 0 Å². The van der Waals surface area contributed by atoms with E-state index >= 15 is 0 Å². The van der Waals surface area contributed by atoms with Gasteiger partial charge in [-0.3, -0.25) is 4.98 Å². The van der Waals surface area contributed by atoms with Gasteiger partial charge in [-0.25, -0.2) is 4.79 Å². The highest BCUT2D eigenvalue weighted by Crippen LogP contribution is 2.29. The number of hydrogen-bond donors (Lipinski definition) is 2. The van der Waals surface area contributed by atoms with Crippen LogP contribution in [0, 0.1) is 0 Å². The highest BCUT2D eigenvalue weighted by Gasteiger charge is 2.15. The van der Waals surface area contributed by atoms with Gasteiger partial charge in [0.2, 0.25) is 0 Å². The van der Waals surface area contributed by atoms with Gasteiger partial charge in [0, 0.05) is 18.1 Å². The lowest BCUT2D eigenvalue weighted by Crippen LogP contribution is -2.10. The standard InChI is InChI=1S/C19H18N2O3.ClH/c1-24-14-7-8-17-15(11-14)18(16(12-21-17)19(22)23)20-10-9-13-5-3-2-4-6-13;/h2-8,11-12H,9-10H2,1H3,(H,20,21)(H,22,23);1H. The van der Waals surface area contributed by atoms with E-state index in [-0.39, 0.29) is 18.0 Å². The average molecular weight is 359 g/mol. The Balaban J connectivity index is 0.00000225. The lowest BCUT2D eigenvalue weighted by Gasteiger charge is -2.13. The molecule has 0 unspecified atom stereocenters. The molecule has 1 aromatic heterocycles. The molecule has 0 atom stereocenters. The third-order valence-electron chi connectivity index (χ3n) is 3.86. The van der Waals surface area contributed by atoms with Crippen LogP contribution in [0.2, 0.25) is 0 Å². The molecule has 0 bridgehead atoms. The SMILES string of the molecule is COc1ccc2ncc(C(=O)O)c(NCCc3ccccc3)c2c1.Cl. The van der Waals surface area contributed by atoms with Gasteiger partial charge >= 0.3 is 5.97 Å². The number of aromatic nitrogens is 1. The van der Waals surface area contributed by atoms with E-state index in [0.717, 1.165) is 17.3 Å². The van der Waals surface area contributed by atoms with Crippen molar-refractivity contribution >= 4 is 35.0 Å². The number of benzene rings is 2. The number of rotatable bonds is 6. The van der Waals surface area contributed by atoms with Gasteiger partial charge in [0.05, 0.1) is 18.3 Å². The largest absolute Gasteiger partial charge is 0.497 e. The van der Waals surface area contributed by atoms with Gasteiger partial charge in [0.25, 0.3) is 0 Å². The van der Waals surface area contributed by atoms with Crippen LogP contribution in [0.15, 0.2) is 54.7 Å². The maximum Gasteiger partial charge on any atom is 0.339 e. The molecule has 3 aromatic rings. The number of fused-ring (bicyclic) bond motifs is 1. The van der Waals surface area contributed by atoms with Crippen LogP contribution in [0.3, 0.4) is 0 Å². The number of pyridine rings is 1. The quantitative estimate of drug-likeness (QED) is 0.696. The van der Waals surface area contributed by atoms with Crippen molar-refractivity contribution < 1.29 is 14.6 Å². The van der Waals surface area contributed by atoms with E-state index in [1.165, 1.54) is 11.8 Å². The molecular weight excluding hydrogens is 340 g/mol. The highest BCUT2D eigenvalue weighted by molar-refractivity contribution is 6.04. The molecule has 2 aromatic carbocycles. The van der Waals surface area contributed by atoms with Gasteiger partial charge in [-0.05, 0) is 30.2 Å². The Bertz CT molecular complexity index is 869. The predicted molar refractivity (Wildman–Crippen MR) is 101 cm³/mol. The number of halogens is 1. The van der Waals surface area contributed by atoms with Crippen molar-refractivity contribution in [3.8, 4) is 5.75 Å². The van der Waals surface area contributed by atoms with Crippen LogP contribution in [-0.4, -0.2) is 29.7 Å².